The Labute approximate surface area is 193 Å². The lowest BCUT2D eigenvalue weighted by Crippen LogP contribution is -2.43. The van der Waals surface area contributed by atoms with Gasteiger partial charge < -0.3 is 19.4 Å². The van der Waals surface area contributed by atoms with Crippen LogP contribution in [0.1, 0.15) is 52.7 Å². The molecular formula is C23H28N2O7S. The van der Waals surface area contributed by atoms with Gasteiger partial charge in [-0.25, -0.2) is 13.2 Å². The first-order chi connectivity index (χ1) is 15.7. The maximum absolute atomic E-state index is 12.8. The predicted octanol–water partition coefficient (Wildman–Crippen LogP) is 2.81. The molecule has 178 valence electrons. The van der Waals surface area contributed by atoms with Gasteiger partial charge in [0.15, 0.2) is 22.2 Å². The second kappa shape index (κ2) is 10.7. The van der Waals surface area contributed by atoms with Crippen LogP contribution < -0.4 is 5.32 Å². The number of hydrogen-bond donors (Lipinski definition) is 1. The van der Waals surface area contributed by atoms with E-state index >= 15 is 0 Å². The molecule has 1 aromatic carbocycles. The first kappa shape index (κ1) is 24.5. The Morgan fingerprint density at radius 1 is 1.24 bits per heavy atom. The molecule has 2 heterocycles. The first-order valence-corrected chi connectivity index (χ1v) is 12.6. The Morgan fingerprint density at radius 3 is 2.67 bits per heavy atom. The largest absolute Gasteiger partial charge is 0.459 e. The minimum Gasteiger partial charge on any atom is -0.459 e. The topological polar surface area (TPSA) is 123 Å². The average Bonchev–Trinajstić information content (AvgIpc) is 3.43. The highest BCUT2D eigenvalue weighted by Crippen LogP contribution is 2.21. The molecule has 1 aromatic heterocycles. The third kappa shape index (κ3) is 6.44. The number of sulfone groups is 1. The van der Waals surface area contributed by atoms with Crippen LogP contribution in [0.2, 0.25) is 0 Å². The molecule has 33 heavy (non-hydrogen) atoms. The Morgan fingerprint density at radius 2 is 2.03 bits per heavy atom. The minimum absolute atomic E-state index is 0.0588. The van der Waals surface area contributed by atoms with E-state index in [1.165, 1.54) is 23.3 Å². The summed E-state index contributed by atoms with van der Waals surface area (Å²) in [5.41, 5.74) is 1.32. The fourth-order valence-electron chi connectivity index (χ4n) is 3.63. The maximum Gasteiger partial charge on any atom is 0.338 e. The zero-order chi connectivity index (χ0) is 24.0. The third-order valence-corrected chi connectivity index (χ3v) is 7.27. The van der Waals surface area contributed by atoms with Crippen molar-refractivity contribution in [3.63, 3.8) is 0 Å². The van der Waals surface area contributed by atoms with Gasteiger partial charge in [0, 0.05) is 18.3 Å². The number of esters is 1. The molecule has 1 aliphatic rings. The summed E-state index contributed by atoms with van der Waals surface area (Å²) in [5, 5.41) is 2.69. The van der Waals surface area contributed by atoms with Crippen LogP contribution in [0.15, 0.2) is 41.0 Å². The smallest absolute Gasteiger partial charge is 0.338 e. The second-order valence-electron chi connectivity index (χ2n) is 8.03. The quantitative estimate of drug-likeness (QED) is 0.552. The van der Waals surface area contributed by atoms with E-state index in [4.69, 9.17) is 9.15 Å². The summed E-state index contributed by atoms with van der Waals surface area (Å²) >= 11 is 0. The van der Waals surface area contributed by atoms with Crippen LogP contribution >= 0.6 is 0 Å². The molecule has 0 unspecified atom stereocenters. The number of carbonyl (C=O) groups excluding carboxylic acids is 3. The SMILES string of the molecule is CCCCN(C(=O)COC(=O)c1ccc(C)c(NC(=O)c2ccco2)c1)[C@@H]1CCS(=O)(=O)C1. The van der Waals surface area contributed by atoms with Gasteiger partial charge in [0.2, 0.25) is 0 Å². The Bertz CT molecular complexity index is 1110. The molecule has 3 rings (SSSR count). The summed E-state index contributed by atoms with van der Waals surface area (Å²) in [6, 6.07) is 7.40. The zero-order valence-corrected chi connectivity index (χ0v) is 19.5. The van der Waals surface area contributed by atoms with Crippen molar-refractivity contribution in [1.82, 2.24) is 4.90 Å². The molecule has 10 heteroatoms. The molecule has 1 atom stereocenters. The molecule has 0 bridgehead atoms. The number of unbranched alkanes of at least 4 members (excludes halogenated alkanes) is 1. The standard InChI is InChI=1S/C23H28N2O7S/c1-3-4-10-25(18-9-12-33(29,30)15-18)21(26)14-32-23(28)17-8-7-16(2)19(13-17)24-22(27)20-6-5-11-31-20/h5-8,11,13,18H,3-4,9-10,12,14-15H2,1-2H3,(H,24,27)/t18-/m1/s1. The number of aryl methyl sites for hydroxylation is 1. The Balaban J connectivity index is 1.64. The van der Waals surface area contributed by atoms with E-state index in [2.05, 4.69) is 5.32 Å². The van der Waals surface area contributed by atoms with Crippen molar-refractivity contribution < 1.29 is 32.0 Å². The molecular weight excluding hydrogens is 448 g/mol. The first-order valence-electron chi connectivity index (χ1n) is 10.8. The molecule has 0 aliphatic carbocycles. The number of benzene rings is 1. The van der Waals surface area contributed by atoms with Gasteiger partial charge in [-0.1, -0.05) is 19.4 Å². The normalized spacial score (nSPS) is 16.8. The molecule has 0 spiro atoms. The van der Waals surface area contributed by atoms with Crippen LogP contribution in [0.4, 0.5) is 5.69 Å². The number of hydrogen-bond acceptors (Lipinski definition) is 7. The van der Waals surface area contributed by atoms with E-state index in [-0.39, 0.29) is 22.8 Å². The summed E-state index contributed by atoms with van der Waals surface area (Å²) in [5.74, 6) is -1.46. The molecule has 1 aliphatic heterocycles. The summed E-state index contributed by atoms with van der Waals surface area (Å²) in [7, 11) is -3.15. The van der Waals surface area contributed by atoms with Crippen molar-refractivity contribution in [2.45, 2.75) is 39.2 Å². The lowest BCUT2D eigenvalue weighted by atomic mass is 10.1. The van der Waals surface area contributed by atoms with E-state index in [0.717, 1.165) is 18.4 Å². The molecule has 1 N–H and O–H groups in total. The summed E-state index contributed by atoms with van der Waals surface area (Å²) in [6.07, 6.45) is 3.35. The summed E-state index contributed by atoms with van der Waals surface area (Å²) in [4.78, 5) is 39.1. The molecule has 9 nitrogen and oxygen atoms in total. The van der Waals surface area contributed by atoms with Crippen molar-refractivity contribution >= 4 is 33.3 Å². The van der Waals surface area contributed by atoms with Crippen molar-refractivity contribution in [3.8, 4) is 0 Å². The number of amides is 2. The minimum atomic E-state index is -3.15. The number of ether oxygens (including phenoxy) is 1. The predicted molar refractivity (Wildman–Crippen MR) is 122 cm³/mol. The molecule has 2 aromatic rings. The summed E-state index contributed by atoms with van der Waals surface area (Å²) in [6.45, 7) is 3.69. The van der Waals surface area contributed by atoms with E-state index < -0.39 is 40.3 Å². The zero-order valence-electron chi connectivity index (χ0n) is 18.7. The highest BCUT2D eigenvalue weighted by Gasteiger charge is 2.34. The monoisotopic (exact) mass is 476 g/mol. The molecule has 1 fully saturated rings. The molecule has 2 amide bonds. The fourth-order valence-corrected chi connectivity index (χ4v) is 5.36. The van der Waals surface area contributed by atoms with E-state index in [0.29, 0.717) is 18.7 Å². The molecule has 0 saturated carbocycles. The van der Waals surface area contributed by atoms with Gasteiger partial charge >= 0.3 is 5.97 Å². The maximum atomic E-state index is 12.8. The van der Waals surface area contributed by atoms with Crippen LogP contribution in [0.3, 0.4) is 0 Å². The van der Waals surface area contributed by atoms with Crippen LogP contribution in [0.5, 0.6) is 0 Å². The number of nitrogens with zero attached hydrogens (tertiary/aromatic N) is 1. The molecule has 0 radical (unpaired) electrons. The van der Waals surface area contributed by atoms with Gasteiger partial charge in [-0.3, -0.25) is 9.59 Å². The van der Waals surface area contributed by atoms with Crippen molar-refractivity contribution in [1.29, 1.82) is 0 Å². The van der Waals surface area contributed by atoms with Crippen LogP contribution in [-0.2, 0) is 19.4 Å². The lowest BCUT2D eigenvalue weighted by molar-refractivity contribution is -0.136. The number of nitrogens with one attached hydrogen (secondary N) is 1. The van der Waals surface area contributed by atoms with E-state index in [9.17, 15) is 22.8 Å². The van der Waals surface area contributed by atoms with Crippen LogP contribution in [-0.4, -0.2) is 61.8 Å². The van der Waals surface area contributed by atoms with Crippen LogP contribution in [0.25, 0.3) is 0 Å². The molecule has 1 saturated heterocycles. The third-order valence-electron chi connectivity index (χ3n) is 5.52. The number of rotatable bonds is 9. The van der Waals surface area contributed by atoms with Gasteiger partial charge in [-0.2, -0.15) is 0 Å². The Hall–Kier alpha value is -3.14. The number of furan rings is 1. The van der Waals surface area contributed by atoms with Gasteiger partial charge in [0.1, 0.15) is 0 Å². The highest BCUT2D eigenvalue weighted by atomic mass is 32.2. The lowest BCUT2D eigenvalue weighted by Gasteiger charge is -2.28. The number of anilines is 1. The van der Waals surface area contributed by atoms with Crippen molar-refractivity contribution in [2.24, 2.45) is 0 Å². The fraction of sp³-hybridized carbons (Fsp3) is 0.435. The van der Waals surface area contributed by atoms with Crippen molar-refractivity contribution in [2.75, 3.05) is 30.0 Å². The average molecular weight is 477 g/mol. The number of carbonyl (C=O) groups is 3. The Kier molecular flexibility index (Phi) is 7.91. The van der Waals surface area contributed by atoms with Crippen LogP contribution in [0, 0.1) is 6.92 Å². The summed E-state index contributed by atoms with van der Waals surface area (Å²) < 4.78 is 34.0. The van der Waals surface area contributed by atoms with Gasteiger partial charge in [-0.15, -0.1) is 0 Å². The van der Waals surface area contributed by atoms with Gasteiger partial charge in [0.25, 0.3) is 11.8 Å². The second-order valence-corrected chi connectivity index (χ2v) is 10.3. The van der Waals surface area contributed by atoms with Gasteiger partial charge in [0.05, 0.1) is 23.3 Å². The van der Waals surface area contributed by atoms with E-state index in [1.807, 2.05) is 6.92 Å². The van der Waals surface area contributed by atoms with Gasteiger partial charge in [-0.05, 0) is 49.6 Å². The van der Waals surface area contributed by atoms with E-state index in [1.54, 1.807) is 25.1 Å². The van der Waals surface area contributed by atoms with Crippen molar-refractivity contribution in [3.05, 3.63) is 53.5 Å². The highest BCUT2D eigenvalue weighted by molar-refractivity contribution is 7.91.